The Balaban J connectivity index is 2.56. The van der Waals surface area contributed by atoms with Crippen LogP contribution in [0.25, 0.3) is 0 Å². The third kappa shape index (κ3) is 5.70. The standard InChI is InChI=1S/C24H34N2O/c1-16(2)7-9-19-14-21(23(27)13-18(5)6)22(15-25)20(10-8-17(3)4)24(19)26-11-12-26/h7-8,18-19H,9-14H2,1-6H3. The van der Waals surface area contributed by atoms with Gasteiger partial charge in [-0.2, -0.15) is 5.26 Å². The van der Waals surface area contributed by atoms with Crippen molar-refractivity contribution in [2.24, 2.45) is 11.8 Å². The third-order valence-electron chi connectivity index (χ3n) is 5.10. The second-order valence-electron chi connectivity index (χ2n) is 8.74. The van der Waals surface area contributed by atoms with Crippen molar-refractivity contribution in [2.45, 2.75) is 67.2 Å². The summed E-state index contributed by atoms with van der Waals surface area (Å²) in [4.78, 5) is 15.3. The zero-order chi connectivity index (χ0) is 20.1. The minimum Gasteiger partial charge on any atom is -0.371 e. The molecule has 0 spiro atoms. The van der Waals surface area contributed by atoms with Gasteiger partial charge in [-0.15, -0.1) is 0 Å². The molecule has 1 aliphatic heterocycles. The van der Waals surface area contributed by atoms with Gasteiger partial charge >= 0.3 is 0 Å². The van der Waals surface area contributed by atoms with E-state index in [0.717, 1.165) is 37.1 Å². The van der Waals surface area contributed by atoms with Gasteiger partial charge in [-0.3, -0.25) is 4.79 Å². The average molecular weight is 367 g/mol. The van der Waals surface area contributed by atoms with Crippen LogP contribution in [-0.2, 0) is 4.79 Å². The summed E-state index contributed by atoms with van der Waals surface area (Å²) in [7, 11) is 0. The van der Waals surface area contributed by atoms with E-state index in [4.69, 9.17) is 0 Å². The Labute approximate surface area is 165 Å². The van der Waals surface area contributed by atoms with Crippen LogP contribution in [0.3, 0.4) is 0 Å². The van der Waals surface area contributed by atoms with Gasteiger partial charge in [0.25, 0.3) is 0 Å². The van der Waals surface area contributed by atoms with E-state index in [1.807, 2.05) is 0 Å². The van der Waals surface area contributed by atoms with Crippen LogP contribution in [-0.4, -0.2) is 23.8 Å². The van der Waals surface area contributed by atoms with E-state index in [0.29, 0.717) is 30.3 Å². The molecule has 3 nitrogen and oxygen atoms in total. The van der Waals surface area contributed by atoms with Crippen LogP contribution in [0.15, 0.2) is 45.7 Å². The predicted molar refractivity (Wildman–Crippen MR) is 112 cm³/mol. The highest BCUT2D eigenvalue weighted by atomic mass is 16.1. The van der Waals surface area contributed by atoms with Crippen molar-refractivity contribution in [3.8, 4) is 6.07 Å². The minimum absolute atomic E-state index is 0.156. The number of nitrogens with zero attached hydrogens (tertiary/aromatic N) is 2. The summed E-state index contributed by atoms with van der Waals surface area (Å²) in [6.45, 7) is 14.7. The van der Waals surface area contributed by atoms with Crippen molar-refractivity contribution in [3.05, 3.63) is 45.7 Å². The van der Waals surface area contributed by atoms with Crippen LogP contribution in [0.2, 0.25) is 0 Å². The molecule has 3 heteroatoms. The zero-order valence-corrected chi connectivity index (χ0v) is 17.9. The van der Waals surface area contributed by atoms with Gasteiger partial charge < -0.3 is 4.90 Å². The number of Topliss-reactive ketones (excluding diaryl/α,β-unsaturated/α-hetero) is 1. The Morgan fingerprint density at radius 3 is 2.30 bits per heavy atom. The van der Waals surface area contributed by atoms with E-state index < -0.39 is 0 Å². The molecule has 27 heavy (non-hydrogen) atoms. The number of allylic oxidation sites excluding steroid dienone is 8. The van der Waals surface area contributed by atoms with Gasteiger partial charge in [0.05, 0.1) is 11.6 Å². The molecule has 2 aliphatic rings. The van der Waals surface area contributed by atoms with Crippen LogP contribution in [0.5, 0.6) is 0 Å². The van der Waals surface area contributed by atoms with Crippen LogP contribution >= 0.6 is 0 Å². The first-order valence-electron chi connectivity index (χ1n) is 10.2. The van der Waals surface area contributed by atoms with Crippen LogP contribution in [0, 0.1) is 23.2 Å². The fraction of sp³-hybridized carbons (Fsp3) is 0.583. The second-order valence-corrected chi connectivity index (χ2v) is 8.74. The van der Waals surface area contributed by atoms with Gasteiger partial charge in [0.2, 0.25) is 0 Å². The maximum atomic E-state index is 13.0. The maximum absolute atomic E-state index is 13.0. The summed E-state index contributed by atoms with van der Waals surface area (Å²) in [6.07, 6.45) is 7.34. The number of hydrogen-bond acceptors (Lipinski definition) is 3. The highest BCUT2D eigenvalue weighted by Gasteiger charge is 2.36. The minimum atomic E-state index is 0.156. The topological polar surface area (TPSA) is 43.9 Å². The lowest BCUT2D eigenvalue weighted by Crippen LogP contribution is -2.24. The quantitative estimate of drug-likeness (QED) is 0.407. The van der Waals surface area contributed by atoms with Crippen molar-refractivity contribution in [1.82, 2.24) is 4.90 Å². The number of carbonyl (C=O) groups is 1. The molecule has 1 atom stereocenters. The van der Waals surface area contributed by atoms with Gasteiger partial charge in [0, 0.05) is 36.7 Å². The Kier molecular flexibility index (Phi) is 7.25. The number of nitriles is 1. The van der Waals surface area contributed by atoms with Gasteiger partial charge in [-0.05, 0) is 58.4 Å². The first-order valence-corrected chi connectivity index (χ1v) is 10.2. The number of rotatable bonds is 8. The third-order valence-corrected chi connectivity index (χ3v) is 5.10. The van der Waals surface area contributed by atoms with Crippen molar-refractivity contribution < 1.29 is 4.79 Å². The number of hydrogen-bond donors (Lipinski definition) is 0. The van der Waals surface area contributed by atoms with Crippen molar-refractivity contribution in [1.29, 1.82) is 5.26 Å². The first-order chi connectivity index (χ1) is 12.7. The Hall–Kier alpha value is -2.08. The highest BCUT2D eigenvalue weighted by Crippen LogP contribution is 2.42. The molecular weight excluding hydrogens is 332 g/mol. The van der Waals surface area contributed by atoms with E-state index in [1.54, 1.807) is 0 Å². The molecule has 0 aromatic heterocycles. The number of ketones is 1. The van der Waals surface area contributed by atoms with Crippen molar-refractivity contribution in [2.75, 3.05) is 13.1 Å². The van der Waals surface area contributed by atoms with Gasteiger partial charge in [-0.25, -0.2) is 0 Å². The fourth-order valence-corrected chi connectivity index (χ4v) is 3.71. The highest BCUT2D eigenvalue weighted by molar-refractivity contribution is 5.98. The SMILES string of the molecule is CC(C)=CCC1=C(N2CC2)C(CC=C(C)C)CC(C(=O)CC(C)C)=C1C#N. The van der Waals surface area contributed by atoms with E-state index in [-0.39, 0.29) is 5.78 Å². The van der Waals surface area contributed by atoms with Gasteiger partial charge in [0.1, 0.15) is 0 Å². The molecule has 0 N–H and O–H groups in total. The van der Waals surface area contributed by atoms with Crippen LogP contribution < -0.4 is 0 Å². The Bertz CT molecular complexity index is 744. The molecule has 1 saturated heterocycles. The average Bonchev–Trinajstić information content (AvgIpc) is 3.40. The molecule has 0 saturated carbocycles. The Morgan fingerprint density at radius 1 is 1.19 bits per heavy atom. The summed E-state index contributed by atoms with van der Waals surface area (Å²) < 4.78 is 0. The Morgan fingerprint density at radius 2 is 1.81 bits per heavy atom. The second kappa shape index (κ2) is 9.22. The summed E-state index contributed by atoms with van der Waals surface area (Å²) in [5.74, 6) is 0.759. The maximum Gasteiger partial charge on any atom is 0.160 e. The lowest BCUT2D eigenvalue weighted by molar-refractivity contribution is -0.116. The molecule has 0 amide bonds. The van der Waals surface area contributed by atoms with E-state index >= 15 is 0 Å². The molecule has 1 heterocycles. The first kappa shape index (κ1) is 21.2. The van der Waals surface area contributed by atoms with E-state index in [2.05, 4.69) is 64.7 Å². The molecule has 146 valence electrons. The summed E-state index contributed by atoms with van der Waals surface area (Å²) in [5.41, 5.74) is 6.35. The van der Waals surface area contributed by atoms with Crippen LogP contribution in [0.1, 0.15) is 67.2 Å². The smallest absolute Gasteiger partial charge is 0.160 e. The lowest BCUT2D eigenvalue weighted by atomic mass is 9.77. The molecule has 0 bridgehead atoms. The lowest BCUT2D eigenvalue weighted by Gasteiger charge is -2.31. The monoisotopic (exact) mass is 366 g/mol. The number of carbonyl (C=O) groups excluding carboxylic acids is 1. The molecule has 1 fully saturated rings. The summed E-state index contributed by atoms with van der Waals surface area (Å²) in [5, 5.41) is 9.96. The molecule has 0 aromatic rings. The van der Waals surface area contributed by atoms with Crippen LogP contribution in [0.4, 0.5) is 0 Å². The molecule has 1 unspecified atom stereocenters. The van der Waals surface area contributed by atoms with Gasteiger partial charge in [0.15, 0.2) is 5.78 Å². The summed E-state index contributed by atoms with van der Waals surface area (Å²) >= 11 is 0. The molecule has 0 radical (unpaired) electrons. The van der Waals surface area contributed by atoms with Crippen molar-refractivity contribution in [3.63, 3.8) is 0 Å². The fourth-order valence-electron chi connectivity index (χ4n) is 3.71. The zero-order valence-electron chi connectivity index (χ0n) is 17.9. The van der Waals surface area contributed by atoms with E-state index in [9.17, 15) is 10.1 Å². The summed E-state index contributed by atoms with van der Waals surface area (Å²) in [6, 6.07) is 2.41. The molecule has 2 rings (SSSR count). The predicted octanol–water partition coefficient (Wildman–Crippen LogP) is 5.72. The van der Waals surface area contributed by atoms with E-state index in [1.165, 1.54) is 16.8 Å². The molecule has 0 aromatic carbocycles. The molecular formula is C24H34N2O. The normalized spacial score (nSPS) is 19.2. The van der Waals surface area contributed by atoms with Crippen molar-refractivity contribution >= 4 is 5.78 Å². The molecule has 1 aliphatic carbocycles. The van der Waals surface area contributed by atoms with Gasteiger partial charge in [-0.1, -0.05) is 37.1 Å². The largest absolute Gasteiger partial charge is 0.371 e.